The molecule has 1 fully saturated rings. The van der Waals surface area contributed by atoms with Crippen LogP contribution in [0.4, 0.5) is 0 Å². The van der Waals surface area contributed by atoms with Gasteiger partial charge in [0.05, 0.1) is 7.11 Å². The van der Waals surface area contributed by atoms with Crippen molar-refractivity contribution in [2.75, 3.05) is 7.11 Å². The van der Waals surface area contributed by atoms with Crippen LogP contribution in [0.5, 0.6) is 0 Å². The first-order valence-corrected chi connectivity index (χ1v) is 7.31. The summed E-state index contributed by atoms with van der Waals surface area (Å²) in [5, 5.41) is 3.12. The van der Waals surface area contributed by atoms with Crippen LogP contribution >= 0.6 is 0 Å². The lowest BCUT2D eigenvalue weighted by Crippen LogP contribution is -2.33. The Morgan fingerprint density at radius 3 is 2.85 bits per heavy atom. The first-order valence-electron chi connectivity index (χ1n) is 7.31. The summed E-state index contributed by atoms with van der Waals surface area (Å²) < 4.78 is 0. The Labute approximate surface area is 120 Å². The normalized spacial score (nSPS) is 19.4. The smallest absolute Gasteiger partial charge is 0.220 e. The van der Waals surface area contributed by atoms with E-state index in [1.807, 2.05) is 12.1 Å². The van der Waals surface area contributed by atoms with Crippen molar-refractivity contribution in [2.24, 2.45) is 0 Å². The molecule has 1 aromatic rings. The maximum Gasteiger partial charge on any atom is 0.220 e. The molecule has 4 nitrogen and oxygen atoms in total. The minimum Gasteiger partial charge on any atom is -0.353 e. The number of benzene rings is 1. The first-order chi connectivity index (χ1) is 9.79. The molecule has 1 heterocycles. The van der Waals surface area contributed by atoms with Crippen LogP contribution < -0.4 is 5.32 Å². The fourth-order valence-electron chi connectivity index (χ4n) is 2.66. The Kier molecular flexibility index (Phi) is 6.02. The number of aryl methyl sites for hydroxylation is 1. The molecule has 0 bridgehead atoms. The van der Waals surface area contributed by atoms with E-state index in [0.29, 0.717) is 19.1 Å². The van der Waals surface area contributed by atoms with E-state index >= 15 is 0 Å². The Morgan fingerprint density at radius 1 is 1.25 bits per heavy atom. The summed E-state index contributed by atoms with van der Waals surface area (Å²) in [5.41, 5.74) is 2.41. The maximum absolute atomic E-state index is 11.6. The topological polar surface area (TPSA) is 47.6 Å². The summed E-state index contributed by atoms with van der Waals surface area (Å²) in [6.45, 7) is 0.462. The summed E-state index contributed by atoms with van der Waals surface area (Å²) in [6.07, 6.45) is 5.85. The van der Waals surface area contributed by atoms with Crippen molar-refractivity contribution in [2.45, 2.75) is 51.2 Å². The number of amides is 1. The van der Waals surface area contributed by atoms with Crippen molar-refractivity contribution in [1.29, 1.82) is 0 Å². The van der Waals surface area contributed by atoms with Gasteiger partial charge in [-0.1, -0.05) is 30.7 Å². The van der Waals surface area contributed by atoms with E-state index in [9.17, 15) is 4.79 Å². The van der Waals surface area contributed by atoms with E-state index in [1.165, 1.54) is 12.7 Å². The van der Waals surface area contributed by atoms with Crippen molar-refractivity contribution in [3.63, 3.8) is 0 Å². The fraction of sp³-hybridized carbons (Fsp3) is 0.562. The molecular weight excluding hydrogens is 254 g/mol. The lowest BCUT2D eigenvalue weighted by Gasteiger charge is -2.16. The van der Waals surface area contributed by atoms with Gasteiger partial charge < -0.3 is 5.32 Å². The lowest BCUT2D eigenvalue weighted by molar-refractivity contribution is -0.282. The van der Waals surface area contributed by atoms with E-state index in [1.54, 1.807) is 0 Å². The van der Waals surface area contributed by atoms with Crippen molar-refractivity contribution in [3.8, 4) is 0 Å². The molecule has 0 aliphatic carbocycles. The van der Waals surface area contributed by atoms with E-state index in [2.05, 4.69) is 22.3 Å². The van der Waals surface area contributed by atoms with Crippen molar-refractivity contribution in [1.82, 2.24) is 5.32 Å². The molecule has 20 heavy (non-hydrogen) atoms. The van der Waals surface area contributed by atoms with Crippen LogP contribution in [0.3, 0.4) is 0 Å². The van der Waals surface area contributed by atoms with Gasteiger partial charge in [-0.25, -0.2) is 9.78 Å². The summed E-state index contributed by atoms with van der Waals surface area (Å²) in [6, 6.07) is 8.52. The van der Waals surface area contributed by atoms with Crippen LogP contribution in [0.25, 0.3) is 0 Å². The fourth-order valence-corrected chi connectivity index (χ4v) is 2.66. The standard InChI is InChI=1S/C16H23NO3/c1-19-20-12-14-7-3-2-6-13(14)10-11-15-8-4-5-9-16(18)17-15/h2-3,6-7,15H,4-5,8-12H2,1H3,(H,17,18). The monoisotopic (exact) mass is 277 g/mol. The average Bonchev–Trinajstić information content (AvgIpc) is 2.68. The highest BCUT2D eigenvalue weighted by Crippen LogP contribution is 2.17. The summed E-state index contributed by atoms with van der Waals surface area (Å²) in [7, 11) is 1.52. The molecule has 110 valence electrons. The van der Waals surface area contributed by atoms with Crippen molar-refractivity contribution >= 4 is 5.91 Å². The summed E-state index contributed by atoms with van der Waals surface area (Å²) in [4.78, 5) is 21.3. The third-order valence-corrected chi connectivity index (χ3v) is 3.78. The third kappa shape index (κ3) is 4.62. The molecule has 1 saturated heterocycles. The van der Waals surface area contributed by atoms with Gasteiger partial charge in [0.1, 0.15) is 6.61 Å². The van der Waals surface area contributed by atoms with Crippen molar-refractivity contribution in [3.05, 3.63) is 35.4 Å². The van der Waals surface area contributed by atoms with E-state index in [4.69, 9.17) is 4.89 Å². The Balaban J connectivity index is 1.90. The molecule has 0 aromatic heterocycles. The zero-order chi connectivity index (χ0) is 14.2. The van der Waals surface area contributed by atoms with Crippen LogP contribution in [-0.2, 0) is 27.6 Å². The maximum atomic E-state index is 11.6. The third-order valence-electron chi connectivity index (χ3n) is 3.78. The van der Waals surface area contributed by atoms with Crippen LogP contribution in [0, 0.1) is 0 Å². The average molecular weight is 277 g/mol. The van der Waals surface area contributed by atoms with Gasteiger partial charge in [-0.05, 0) is 36.8 Å². The van der Waals surface area contributed by atoms with Crippen LogP contribution in [-0.4, -0.2) is 19.1 Å². The molecule has 1 unspecified atom stereocenters. The minimum absolute atomic E-state index is 0.198. The Hall–Kier alpha value is -1.39. The van der Waals surface area contributed by atoms with Gasteiger partial charge in [0.2, 0.25) is 5.91 Å². The quantitative estimate of drug-likeness (QED) is 0.642. The molecule has 1 atom stereocenters. The molecule has 1 amide bonds. The number of carbonyl (C=O) groups is 1. The number of hydrogen-bond acceptors (Lipinski definition) is 3. The highest BCUT2D eigenvalue weighted by molar-refractivity contribution is 5.76. The number of rotatable bonds is 6. The van der Waals surface area contributed by atoms with Crippen LogP contribution in [0.1, 0.15) is 43.2 Å². The van der Waals surface area contributed by atoms with Gasteiger partial charge in [0, 0.05) is 12.5 Å². The van der Waals surface area contributed by atoms with E-state index in [0.717, 1.165) is 37.7 Å². The molecule has 1 aliphatic rings. The molecule has 1 N–H and O–H groups in total. The van der Waals surface area contributed by atoms with Crippen LogP contribution in [0.2, 0.25) is 0 Å². The highest BCUT2D eigenvalue weighted by Gasteiger charge is 2.16. The molecule has 1 aromatic carbocycles. The minimum atomic E-state index is 0.198. The predicted molar refractivity (Wildman–Crippen MR) is 77.0 cm³/mol. The van der Waals surface area contributed by atoms with E-state index < -0.39 is 0 Å². The van der Waals surface area contributed by atoms with Gasteiger partial charge in [-0.3, -0.25) is 4.79 Å². The summed E-state index contributed by atoms with van der Waals surface area (Å²) in [5.74, 6) is 0.198. The van der Waals surface area contributed by atoms with Gasteiger partial charge in [-0.2, -0.15) is 0 Å². The molecule has 0 radical (unpaired) electrons. The molecule has 0 saturated carbocycles. The molecular formula is C16H23NO3. The van der Waals surface area contributed by atoms with E-state index in [-0.39, 0.29) is 5.91 Å². The second-order valence-electron chi connectivity index (χ2n) is 5.25. The largest absolute Gasteiger partial charge is 0.353 e. The zero-order valence-corrected chi connectivity index (χ0v) is 12.1. The number of nitrogens with one attached hydrogen (secondary N) is 1. The lowest BCUT2D eigenvalue weighted by atomic mass is 9.98. The number of hydrogen-bond donors (Lipinski definition) is 1. The Morgan fingerprint density at radius 2 is 2.05 bits per heavy atom. The summed E-state index contributed by atoms with van der Waals surface area (Å²) >= 11 is 0. The molecule has 0 spiro atoms. The first kappa shape index (κ1) is 15.0. The molecule has 4 heteroatoms. The predicted octanol–water partition coefficient (Wildman–Crippen LogP) is 2.76. The van der Waals surface area contributed by atoms with Crippen molar-refractivity contribution < 1.29 is 14.6 Å². The second-order valence-corrected chi connectivity index (χ2v) is 5.25. The van der Waals surface area contributed by atoms with Crippen LogP contribution in [0.15, 0.2) is 24.3 Å². The zero-order valence-electron chi connectivity index (χ0n) is 12.1. The van der Waals surface area contributed by atoms with Gasteiger partial charge in [0.25, 0.3) is 0 Å². The van der Waals surface area contributed by atoms with Gasteiger partial charge >= 0.3 is 0 Å². The highest BCUT2D eigenvalue weighted by atomic mass is 17.2. The molecule has 1 aliphatic heterocycles. The van der Waals surface area contributed by atoms with Gasteiger partial charge in [-0.15, -0.1) is 0 Å². The number of carbonyl (C=O) groups excluding carboxylic acids is 1. The SMILES string of the molecule is COOCc1ccccc1CCC1CCCCC(=O)N1. The second kappa shape index (κ2) is 8.02. The molecule has 2 rings (SSSR count). The van der Waals surface area contributed by atoms with Gasteiger partial charge in [0.15, 0.2) is 0 Å². The Bertz CT molecular complexity index is 433.